The van der Waals surface area contributed by atoms with Gasteiger partial charge in [-0.2, -0.15) is 0 Å². The maximum atomic E-state index is 12.8. The van der Waals surface area contributed by atoms with Gasteiger partial charge in [0.15, 0.2) is 11.5 Å². The molecular formula is C20H17N2O5-. The summed E-state index contributed by atoms with van der Waals surface area (Å²) in [7, 11) is 3.07. The quantitative estimate of drug-likeness (QED) is 0.675. The number of aromatic nitrogens is 2. The molecule has 7 nitrogen and oxygen atoms in total. The van der Waals surface area contributed by atoms with Gasteiger partial charge in [0.2, 0.25) is 0 Å². The van der Waals surface area contributed by atoms with Crippen molar-refractivity contribution in [1.82, 2.24) is 9.78 Å². The van der Waals surface area contributed by atoms with E-state index in [9.17, 15) is 14.7 Å². The Kier molecular flexibility index (Phi) is 4.85. The summed E-state index contributed by atoms with van der Waals surface area (Å²) >= 11 is 0. The molecule has 138 valence electrons. The number of ether oxygens (including phenoxy) is 2. The van der Waals surface area contributed by atoms with E-state index in [2.05, 4.69) is 11.7 Å². The summed E-state index contributed by atoms with van der Waals surface area (Å²) in [6.07, 6.45) is 1.67. The number of H-pyrrole nitrogens is 1. The topological polar surface area (TPSA) is 96.4 Å². The number of methoxy groups -OCH3 is 2. The van der Waals surface area contributed by atoms with Crippen molar-refractivity contribution in [1.29, 1.82) is 0 Å². The van der Waals surface area contributed by atoms with Crippen LogP contribution in [0.4, 0.5) is 0 Å². The number of aromatic carboxylic acids is 1. The number of carbonyl (C=O) groups is 1. The molecule has 0 fully saturated rings. The van der Waals surface area contributed by atoms with E-state index in [-0.39, 0.29) is 11.1 Å². The molecule has 0 bridgehead atoms. The van der Waals surface area contributed by atoms with Crippen LogP contribution >= 0.6 is 0 Å². The number of nitrogens with one attached hydrogen (secondary N) is 1. The van der Waals surface area contributed by atoms with E-state index in [1.807, 2.05) is 0 Å². The molecule has 0 spiro atoms. The van der Waals surface area contributed by atoms with Crippen molar-refractivity contribution in [3.8, 4) is 17.2 Å². The SMILES string of the molecule is C=c1[nH]n(-c2cccc(C(=O)[O-])c2)c(=O)/c1=C/c1ccc(OC)c(OC)c1. The number of rotatable bonds is 5. The Morgan fingerprint density at radius 3 is 2.56 bits per heavy atom. The molecule has 1 heterocycles. The zero-order chi connectivity index (χ0) is 19.6. The Morgan fingerprint density at radius 1 is 1.15 bits per heavy atom. The van der Waals surface area contributed by atoms with Crippen molar-refractivity contribution in [2.24, 2.45) is 0 Å². The number of carboxylic acid groups (broad SMARTS) is 1. The number of hydrogen-bond acceptors (Lipinski definition) is 5. The lowest BCUT2D eigenvalue weighted by atomic mass is 10.1. The Balaban J connectivity index is 2.13. The van der Waals surface area contributed by atoms with Crippen LogP contribution in [0.1, 0.15) is 15.9 Å². The minimum absolute atomic E-state index is 0.0231. The van der Waals surface area contributed by atoms with Crippen LogP contribution in [0.2, 0.25) is 0 Å². The van der Waals surface area contributed by atoms with Gasteiger partial charge in [-0.15, -0.1) is 0 Å². The summed E-state index contributed by atoms with van der Waals surface area (Å²) in [5.74, 6) is -0.201. The molecule has 0 amide bonds. The van der Waals surface area contributed by atoms with Gasteiger partial charge in [-0.05, 0) is 41.5 Å². The minimum Gasteiger partial charge on any atom is -0.545 e. The van der Waals surface area contributed by atoms with E-state index in [1.165, 1.54) is 30.0 Å². The minimum atomic E-state index is -1.32. The summed E-state index contributed by atoms with van der Waals surface area (Å²) < 4.78 is 11.7. The van der Waals surface area contributed by atoms with Gasteiger partial charge in [-0.3, -0.25) is 9.89 Å². The van der Waals surface area contributed by atoms with Crippen LogP contribution in [0.3, 0.4) is 0 Å². The van der Waals surface area contributed by atoms with Crippen molar-refractivity contribution < 1.29 is 19.4 Å². The summed E-state index contributed by atoms with van der Waals surface area (Å²) in [4.78, 5) is 23.8. The van der Waals surface area contributed by atoms with E-state index in [1.54, 1.807) is 37.5 Å². The Labute approximate surface area is 154 Å². The fourth-order valence-corrected chi connectivity index (χ4v) is 2.71. The number of aromatic amines is 1. The number of hydrogen-bond donors (Lipinski definition) is 1. The third-order valence-electron chi connectivity index (χ3n) is 4.06. The molecule has 3 aromatic rings. The molecule has 7 heteroatoms. The van der Waals surface area contributed by atoms with Gasteiger partial charge >= 0.3 is 0 Å². The van der Waals surface area contributed by atoms with Crippen LogP contribution in [0.5, 0.6) is 11.5 Å². The summed E-state index contributed by atoms with van der Waals surface area (Å²) in [5.41, 5.74) is 0.721. The van der Waals surface area contributed by atoms with Crippen molar-refractivity contribution in [3.63, 3.8) is 0 Å². The Morgan fingerprint density at radius 2 is 1.89 bits per heavy atom. The molecule has 0 saturated carbocycles. The third-order valence-corrected chi connectivity index (χ3v) is 4.06. The Bertz CT molecular complexity index is 1170. The average molecular weight is 365 g/mol. The molecule has 0 atom stereocenters. The maximum Gasteiger partial charge on any atom is 0.279 e. The summed E-state index contributed by atoms with van der Waals surface area (Å²) in [6, 6.07) is 11.2. The standard InChI is InChI=1S/C20H18N2O5/c1-12-16(9-13-7-8-17(26-2)18(10-13)27-3)19(23)22(21-12)15-6-4-5-14(11-15)20(24)25/h4-11,21H,1H2,2-3H3,(H,24,25)/p-1/b16-9+. The van der Waals surface area contributed by atoms with Crippen molar-refractivity contribution >= 4 is 18.6 Å². The smallest absolute Gasteiger partial charge is 0.279 e. The van der Waals surface area contributed by atoms with Gasteiger partial charge in [0.1, 0.15) is 0 Å². The second kappa shape index (κ2) is 7.25. The van der Waals surface area contributed by atoms with E-state index in [0.717, 1.165) is 5.56 Å². The zero-order valence-electron chi connectivity index (χ0n) is 14.8. The molecule has 0 aliphatic heterocycles. The lowest BCUT2D eigenvalue weighted by molar-refractivity contribution is -0.255. The highest BCUT2D eigenvalue weighted by Gasteiger charge is 2.07. The fourth-order valence-electron chi connectivity index (χ4n) is 2.71. The average Bonchev–Trinajstić information content (AvgIpc) is 2.96. The normalized spacial score (nSPS) is 11.4. The first-order valence-electron chi connectivity index (χ1n) is 8.00. The monoisotopic (exact) mass is 365 g/mol. The molecule has 0 unspecified atom stereocenters. The van der Waals surface area contributed by atoms with Gasteiger partial charge in [0.25, 0.3) is 5.56 Å². The second-order valence-electron chi connectivity index (χ2n) is 5.74. The highest BCUT2D eigenvalue weighted by Crippen LogP contribution is 2.27. The molecule has 3 rings (SSSR count). The zero-order valence-corrected chi connectivity index (χ0v) is 14.8. The van der Waals surface area contributed by atoms with Crippen LogP contribution in [-0.2, 0) is 0 Å². The molecule has 0 saturated heterocycles. The molecular weight excluding hydrogens is 348 g/mol. The van der Waals surface area contributed by atoms with Crippen molar-refractivity contribution in [3.05, 3.63) is 74.5 Å². The van der Waals surface area contributed by atoms with Gasteiger partial charge < -0.3 is 19.4 Å². The lowest BCUT2D eigenvalue weighted by Gasteiger charge is -2.07. The summed E-state index contributed by atoms with van der Waals surface area (Å²) in [5, 5.41) is 14.7. The highest BCUT2D eigenvalue weighted by atomic mass is 16.5. The molecule has 0 aliphatic carbocycles. The van der Waals surface area contributed by atoms with Gasteiger partial charge in [-0.1, -0.05) is 24.8 Å². The first-order valence-corrected chi connectivity index (χ1v) is 8.00. The van der Waals surface area contributed by atoms with Gasteiger partial charge in [-0.25, -0.2) is 4.68 Å². The van der Waals surface area contributed by atoms with E-state index >= 15 is 0 Å². The van der Waals surface area contributed by atoms with E-state index < -0.39 is 5.97 Å². The van der Waals surface area contributed by atoms with Crippen LogP contribution in [0, 0.1) is 0 Å². The molecule has 2 aromatic carbocycles. The number of nitrogens with zero attached hydrogens (tertiary/aromatic N) is 1. The third kappa shape index (κ3) is 3.48. The maximum absolute atomic E-state index is 12.8. The van der Waals surface area contributed by atoms with Gasteiger partial charge in [0.05, 0.1) is 36.4 Å². The van der Waals surface area contributed by atoms with Crippen LogP contribution in [-0.4, -0.2) is 30.0 Å². The number of carbonyl (C=O) groups excluding carboxylic acids is 1. The molecule has 0 radical (unpaired) electrons. The molecule has 1 N–H and O–H groups in total. The van der Waals surface area contributed by atoms with Gasteiger partial charge in [0, 0.05) is 0 Å². The van der Waals surface area contributed by atoms with Crippen molar-refractivity contribution in [2.45, 2.75) is 0 Å². The van der Waals surface area contributed by atoms with Crippen molar-refractivity contribution in [2.75, 3.05) is 14.2 Å². The largest absolute Gasteiger partial charge is 0.545 e. The molecule has 1 aromatic heterocycles. The van der Waals surface area contributed by atoms with Crippen LogP contribution < -0.4 is 30.7 Å². The first-order chi connectivity index (χ1) is 12.9. The number of carboxylic acids is 1. The van der Waals surface area contributed by atoms with E-state index in [4.69, 9.17) is 9.47 Å². The Hall–Kier alpha value is -3.74. The van der Waals surface area contributed by atoms with Crippen LogP contribution in [0.25, 0.3) is 18.3 Å². The van der Waals surface area contributed by atoms with Crippen LogP contribution in [0.15, 0.2) is 47.3 Å². The lowest BCUT2D eigenvalue weighted by Crippen LogP contribution is -2.34. The molecule has 27 heavy (non-hydrogen) atoms. The summed E-state index contributed by atoms with van der Waals surface area (Å²) in [6.45, 7) is 3.87. The predicted molar refractivity (Wildman–Crippen MR) is 98.6 cm³/mol. The fraction of sp³-hybridized carbons (Fsp3) is 0.100. The molecule has 0 aliphatic rings. The van der Waals surface area contributed by atoms with E-state index in [0.29, 0.717) is 27.8 Å². The second-order valence-corrected chi connectivity index (χ2v) is 5.74. The first kappa shape index (κ1) is 18.1. The highest BCUT2D eigenvalue weighted by molar-refractivity contribution is 5.86. The number of benzene rings is 2. The predicted octanol–water partition coefficient (Wildman–Crippen LogP) is -0.215.